The topological polar surface area (TPSA) is 33.0 Å². The lowest BCUT2D eigenvalue weighted by atomic mass is 10.1. The fraction of sp³-hybridized carbons (Fsp3) is 0.235. The lowest BCUT2D eigenvalue weighted by Gasteiger charge is -2.01. The third-order valence-corrected chi connectivity index (χ3v) is 3.12. The van der Waals surface area contributed by atoms with Crippen LogP contribution in [0.4, 0.5) is 0 Å². The van der Waals surface area contributed by atoms with E-state index in [1.54, 1.807) is 7.11 Å². The highest BCUT2D eigenvalue weighted by Gasteiger charge is 1.97. The van der Waals surface area contributed by atoms with Crippen LogP contribution in [0.5, 0.6) is 5.75 Å². The molecule has 2 rings (SSSR count). The van der Waals surface area contributed by atoms with Crippen molar-refractivity contribution in [2.75, 3.05) is 7.11 Å². The van der Waals surface area contributed by atoms with E-state index in [1.807, 2.05) is 57.2 Å². The Hall–Kier alpha value is -1.98. The van der Waals surface area contributed by atoms with Crippen molar-refractivity contribution in [3.8, 4) is 11.8 Å². The normalized spacial score (nSPS) is 9.20. The summed E-state index contributed by atoms with van der Waals surface area (Å²) in [5.41, 5.74) is 4.11. The number of halogens is 1. The van der Waals surface area contributed by atoms with E-state index in [4.69, 9.17) is 21.6 Å². The fourth-order valence-corrected chi connectivity index (χ4v) is 1.94. The second kappa shape index (κ2) is 7.57. The zero-order chi connectivity index (χ0) is 15.1. The van der Waals surface area contributed by atoms with Gasteiger partial charge in [-0.1, -0.05) is 29.8 Å². The van der Waals surface area contributed by atoms with Crippen LogP contribution in [-0.4, -0.2) is 7.11 Å². The quantitative estimate of drug-likeness (QED) is 0.752. The largest absolute Gasteiger partial charge is 0.495 e. The van der Waals surface area contributed by atoms with Gasteiger partial charge in [0.1, 0.15) is 5.75 Å². The molecule has 0 bridgehead atoms. The van der Waals surface area contributed by atoms with Gasteiger partial charge in [0, 0.05) is 0 Å². The van der Waals surface area contributed by atoms with Gasteiger partial charge in [-0.3, -0.25) is 0 Å². The zero-order valence-electron chi connectivity index (χ0n) is 12.2. The zero-order valence-corrected chi connectivity index (χ0v) is 13.0. The molecule has 0 saturated heterocycles. The SMILES string of the molecule is COc1ccc(C)cc1Cl.Cc1ccc(C)c(C#N)c1. The molecule has 0 unspecified atom stereocenters. The van der Waals surface area contributed by atoms with Crippen LogP contribution in [-0.2, 0) is 0 Å². The monoisotopic (exact) mass is 287 g/mol. The molecule has 0 atom stereocenters. The molecular weight excluding hydrogens is 270 g/mol. The van der Waals surface area contributed by atoms with Gasteiger partial charge in [0.2, 0.25) is 0 Å². The molecule has 0 amide bonds. The summed E-state index contributed by atoms with van der Waals surface area (Å²) < 4.78 is 4.97. The van der Waals surface area contributed by atoms with Crippen molar-refractivity contribution in [2.45, 2.75) is 20.8 Å². The lowest BCUT2D eigenvalue weighted by Crippen LogP contribution is -1.83. The van der Waals surface area contributed by atoms with Crippen molar-refractivity contribution < 1.29 is 4.74 Å². The summed E-state index contributed by atoms with van der Waals surface area (Å²) in [5.74, 6) is 0.729. The maximum Gasteiger partial charge on any atom is 0.137 e. The molecule has 0 fully saturated rings. The van der Waals surface area contributed by atoms with Crippen LogP contribution in [0.1, 0.15) is 22.3 Å². The van der Waals surface area contributed by atoms with Gasteiger partial charge in [0.25, 0.3) is 0 Å². The van der Waals surface area contributed by atoms with Gasteiger partial charge in [0.05, 0.1) is 23.8 Å². The Kier molecular flexibility index (Phi) is 6.09. The van der Waals surface area contributed by atoms with E-state index >= 15 is 0 Å². The minimum Gasteiger partial charge on any atom is -0.495 e. The fourth-order valence-electron chi connectivity index (χ4n) is 1.63. The minimum absolute atomic E-state index is 0.669. The highest BCUT2D eigenvalue weighted by Crippen LogP contribution is 2.24. The van der Waals surface area contributed by atoms with Gasteiger partial charge in [-0.2, -0.15) is 5.26 Å². The molecule has 0 aliphatic carbocycles. The van der Waals surface area contributed by atoms with Crippen LogP contribution in [0.3, 0.4) is 0 Å². The number of methoxy groups -OCH3 is 1. The van der Waals surface area contributed by atoms with Crippen molar-refractivity contribution in [1.29, 1.82) is 5.26 Å². The first kappa shape index (κ1) is 16.1. The third kappa shape index (κ3) is 4.60. The van der Waals surface area contributed by atoms with Crippen molar-refractivity contribution in [2.24, 2.45) is 0 Å². The number of nitrogens with zero attached hydrogens (tertiary/aromatic N) is 1. The smallest absolute Gasteiger partial charge is 0.137 e. The minimum atomic E-state index is 0.669. The summed E-state index contributed by atoms with van der Waals surface area (Å²) in [5, 5.41) is 9.26. The van der Waals surface area contributed by atoms with Crippen LogP contribution < -0.4 is 4.74 Å². The molecular formula is C17H18ClNO. The van der Waals surface area contributed by atoms with Crippen molar-refractivity contribution >= 4 is 11.6 Å². The summed E-state index contributed by atoms with van der Waals surface area (Å²) in [4.78, 5) is 0. The summed E-state index contributed by atoms with van der Waals surface area (Å²) in [6.45, 7) is 5.92. The van der Waals surface area contributed by atoms with E-state index < -0.39 is 0 Å². The predicted molar refractivity (Wildman–Crippen MR) is 83.4 cm³/mol. The van der Waals surface area contributed by atoms with Crippen LogP contribution in [0.2, 0.25) is 5.02 Å². The maximum atomic E-state index is 8.59. The van der Waals surface area contributed by atoms with Crippen molar-refractivity contribution in [3.63, 3.8) is 0 Å². The number of hydrogen-bond donors (Lipinski definition) is 0. The summed E-state index contributed by atoms with van der Waals surface area (Å²) in [6, 6.07) is 13.7. The highest BCUT2D eigenvalue weighted by molar-refractivity contribution is 6.32. The molecule has 2 aromatic carbocycles. The second-order valence-corrected chi connectivity index (χ2v) is 4.98. The molecule has 0 heterocycles. The second-order valence-electron chi connectivity index (χ2n) is 4.57. The molecule has 0 aromatic heterocycles. The average Bonchev–Trinajstić information content (AvgIpc) is 2.42. The van der Waals surface area contributed by atoms with Crippen molar-refractivity contribution in [3.05, 3.63) is 63.7 Å². The van der Waals surface area contributed by atoms with E-state index in [0.29, 0.717) is 5.02 Å². The number of hydrogen-bond acceptors (Lipinski definition) is 2. The Labute approximate surface area is 125 Å². The molecule has 20 heavy (non-hydrogen) atoms. The van der Waals surface area contributed by atoms with E-state index in [-0.39, 0.29) is 0 Å². The molecule has 0 saturated carbocycles. The lowest BCUT2D eigenvalue weighted by molar-refractivity contribution is 0.415. The van der Waals surface area contributed by atoms with E-state index in [0.717, 1.165) is 28.0 Å². The van der Waals surface area contributed by atoms with E-state index in [2.05, 4.69) is 6.07 Å². The molecule has 0 N–H and O–H groups in total. The summed E-state index contributed by atoms with van der Waals surface area (Å²) in [6.07, 6.45) is 0. The number of aryl methyl sites for hydroxylation is 3. The first-order valence-corrected chi connectivity index (χ1v) is 6.63. The molecule has 104 valence electrons. The Morgan fingerprint density at radius 2 is 1.60 bits per heavy atom. The Morgan fingerprint density at radius 3 is 2.10 bits per heavy atom. The van der Waals surface area contributed by atoms with Gasteiger partial charge < -0.3 is 4.74 Å². The standard InChI is InChI=1S/C9H9N.C8H9ClO/c1-7-3-4-8(2)9(5-7)6-10;1-6-3-4-8(10-2)7(9)5-6/h2*3-5H,1-2H3. The average molecular weight is 288 g/mol. The number of ether oxygens (including phenoxy) is 1. The predicted octanol–water partition coefficient (Wildman–Crippen LogP) is 4.83. The van der Waals surface area contributed by atoms with Crippen LogP contribution in [0, 0.1) is 32.1 Å². The van der Waals surface area contributed by atoms with Crippen LogP contribution >= 0.6 is 11.6 Å². The van der Waals surface area contributed by atoms with Gasteiger partial charge >= 0.3 is 0 Å². The molecule has 0 aliphatic heterocycles. The number of benzene rings is 2. The highest BCUT2D eigenvalue weighted by atomic mass is 35.5. The van der Waals surface area contributed by atoms with Gasteiger partial charge in [-0.15, -0.1) is 0 Å². The van der Waals surface area contributed by atoms with Gasteiger partial charge in [-0.25, -0.2) is 0 Å². The van der Waals surface area contributed by atoms with Crippen molar-refractivity contribution in [1.82, 2.24) is 0 Å². The Morgan fingerprint density at radius 1 is 1.00 bits per heavy atom. The number of rotatable bonds is 1. The first-order chi connectivity index (χ1) is 9.47. The Balaban J connectivity index is 0.000000200. The van der Waals surface area contributed by atoms with E-state index in [1.165, 1.54) is 0 Å². The van der Waals surface area contributed by atoms with Crippen LogP contribution in [0.15, 0.2) is 36.4 Å². The molecule has 0 radical (unpaired) electrons. The molecule has 3 heteroatoms. The van der Waals surface area contributed by atoms with E-state index in [9.17, 15) is 0 Å². The molecule has 2 aromatic rings. The molecule has 2 nitrogen and oxygen atoms in total. The Bertz CT molecular complexity index is 623. The third-order valence-electron chi connectivity index (χ3n) is 2.82. The first-order valence-electron chi connectivity index (χ1n) is 6.25. The number of nitriles is 1. The van der Waals surface area contributed by atoms with Crippen LogP contribution in [0.25, 0.3) is 0 Å². The maximum absolute atomic E-state index is 8.59. The molecule has 0 aliphatic rings. The molecule has 0 spiro atoms. The summed E-state index contributed by atoms with van der Waals surface area (Å²) in [7, 11) is 1.61. The summed E-state index contributed by atoms with van der Waals surface area (Å²) >= 11 is 5.80. The van der Waals surface area contributed by atoms with Gasteiger partial charge in [0.15, 0.2) is 0 Å². The van der Waals surface area contributed by atoms with Gasteiger partial charge in [-0.05, 0) is 55.7 Å².